The van der Waals surface area contributed by atoms with Gasteiger partial charge >= 0.3 is 0 Å². The molecular weight excluding hydrogens is 346 g/mol. The molecule has 3 aromatic rings. The van der Waals surface area contributed by atoms with Crippen LogP contribution in [0.25, 0.3) is 11.3 Å². The van der Waals surface area contributed by atoms with Crippen molar-refractivity contribution in [1.29, 1.82) is 0 Å². The highest BCUT2D eigenvalue weighted by Gasteiger charge is 2.33. The van der Waals surface area contributed by atoms with Crippen molar-refractivity contribution in [3.63, 3.8) is 0 Å². The fourth-order valence-corrected chi connectivity index (χ4v) is 3.40. The van der Waals surface area contributed by atoms with Crippen molar-refractivity contribution < 1.29 is 24.0 Å². The van der Waals surface area contributed by atoms with Crippen LogP contribution in [0.15, 0.2) is 47.0 Å². The predicted molar refractivity (Wildman–Crippen MR) is 97.2 cm³/mol. The second-order valence-electron chi connectivity index (χ2n) is 6.50. The number of carbonyl (C=O) groups excluding carboxylic acids is 2. The van der Waals surface area contributed by atoms with Crippen LogP contribution in [0.4, 0.5) is 0 Å². The van der Waals surface area contributed by atoms with Crippen LogP contribution in [-0.2, 0) is 6.42 Å². The molecule has 0 fully saturated rings. The Kier molecular flexibility index (Phi) is 4.12. The van der Waals surface area contributed by atoms with Gasteiger partial charge in [0.05, 0.1) is 18.8 Å². The molecule has 6 nitrogen and oxygen atoms in total. The first-order chi connectivity index (χ1) is 13.0. The Hall–Kier alpha value is -3.25. The van der Waals surface area contributed by atoms with Gasteiger partial charge in [-0.25, -0.2) is 0 Å². The van der Waals surface area contributed by atoms with Gasteiger partial charge in [0.1, 0.15) is 17.2 Å². The SMILES string of the molecule is COc1c(-c2cc(CC(C)O)on2)ccc2c1C(=O)c1ccccc1C2=O. The molecular formula is C21H17NO5. The first kappa shape index (κ1) is 17.2. The van der Waals surface area contributed by atoms with E-state index >= 15 is 0 Å². The van der Waals surface area contributed by atoms with E-state index in [2.05, 4.69) is 5.16 Å². The zero-order chi connectivity index (χ0) is 19.1. The summed E-state index contributed by atoms with van der Waals surface area (Å²) in [6.07, 6.45) is -0.239. The fourth-order valence-electron chi connectivity index (χ4n) is 3.40. The molecule has 27 heavy (non-hydrogen) atoms. The lowest BCUT2D eigenvalue weighted by atomic mass is 9.82. The average Bonchev–Trinajstić information content (AvgIpc) is 3.12. The van der Waals surface area contributed by atoms with E-state index < -0.39 is 6.10 Å². The van der Waals surface area contributed by atoms with Gasteiger partial charge in [-0.3, -0.25) is 9.59 Å². The van der Waals surface area contributed by atoms with Gasteiger partial charge in [0.15, 0.2) is 11.6 Å². The molecule has 0 saturated carbocycles. The lowest BCUT2D eigenvalue weighted by Crippen LogP contribution is -2.21. The van der Waals surface area contributed by atoms with Gasteiger partial charge in [0.2, 0.25) is 0 Å². The Morgan fingerprint density at radius 2 is 1.70 bits per heavy atom. The van der Waals surface area contributed by atoms with E-state index in [4.69, 9.17) is 9.26 Å². The summed E-state index contributed by atoms with van der Waals surface area (Å²) >= 11 is 0. The Balaban J connectivity index is 1.87. The first-order valence-corrected chi connectivity index (χ1v) is 8.54. The highest BCUT2D eigenvalue weighted by atomic mass is 16.5. The lowest BCUT2D eigenvalue weighted by Gasteiger charge is -2.20. The number of nitrogens with zero attached hydrogens (tertiary/aromatic N) is 1. The van der Waals surface area contributed by atoms with Crippen LogP contribution in [0, 0.1) is 0 Å². The van der Waals surface area contributed by atoms with Crippen LogP contribution in [0.5, 0.6) is 5.75 Å². The second kappa shape index (κ2) is 6.48. The summed E-state index contributed by atoms with van der Waals surface area (Å²) in [6.45, 7) is 1.66. The number of aliphatic hydroxyl groups is 1. The molecule has 1 aliphatic rings. The van der Waals surface area contributed by atoms with Gasteiger partial charge in [-0.2, -0.15) is 0 Å². The molecule has 0 bridgehead atoms. The number of rotatable bonds is 4. The average molecular weight is 363 g/mol. The van der Waals surface area contributed by atoms with Gasteiger partial charge in [-0.15, -0.1) is 0 Å². The van der Waals surface area contributed by atoms with E-state index in [9.17, 15) is 14.7 Å². The molecule has 1 unspecified atom stereocenters. The molecule has 0 radical (unpaired) electrons. The Morgan fingerprint density at radius 1 is 1.04 bits per heavy atom. The third-order valence-corrected chi connectivity index (χ3v) is 4.58. The summed E-state index contributed by atoms with van der Waals surface area (Å²) in [6, 6.07) is 11.8. The van der Waals surface area contributed by atoms with Crippen molar-refractivity contribution in [2.75, 3.05) is 7.11 Å². The van der Waals surface area contributed by atoms with Gasteiger partial charge in [-0.1, -0.05) is 29.4 Å². The van der Waals surface area contributed by atoms with Crippen LogP contribution in [0.1, 0.15) is 44.5 Å². The maximum Gasteiger partial charge on any atom is 0.198 e. The van der Waals surface area contributed by atoms with Crippen molar-refractivity contribution in [2.45, 2.75) is 19.4 Å². The highest BCUT2D eigenvalue weighted by Crippen LogP contribution is 2.39. The number of aliphatic hydroxyl groups excluding tert-OH is 1. The van der Waals surface area contributed by atoms with E-state index in [0.717, 1.165) is 0 Å². The van der Waals surface area contributed by atoms with Crippen LogP contribution in [-0.4, -0.2) is 35.0 Å². The molecule has 1 aliphatic carbocycles. The molecule has 0 aliphatic heterocycles. The number of fused-ring (bicyclic) bond motifs is 2. The molecule has 1 aromatic heterocycles. The topological polar surface area (TPSA) is 89.6 Å². The Morgan fingerprint density at radius 3 is 2.37 bits per heavy atom. The Bertz CT molecular complexity index is 1060. The van der Waals surface area contributed by atoms with E-state index in [1.54, 1.807) is 49.4 Å². The molecule has 6 heteroatoms. The van der Waals surface area contributed by atoms with Crippen LogP contribution in [0.3, 0.4) is 0 Å². The minimum absolute atomic E-state index is 0.208. The fraction of sp³-hybridized carbons (Fsp3) is 0.190. The smallest absolute Gasteiger partial charge is 0.198 e. The van der Waals surface area contributed by atoms with E-state index in [1.165, 1.54) is 7.11 Å². The standard InChI is InChI=1S/C21H17NO5/c1-11(23)9-12-10-17(22-27-12)15-7-8-16-18(21(15)26-2)20(25)14-6-4-3-5-13(14)19(16)24/h3-8,10-11,23H,9H2,1-2H3. The van der Waals surface area contributed by atoms with Crippen molar-refractivity contribution in [3.05, 3.63) is 70.5 Å². The molecule has 2 aromatic carbocycles. The molecule has 4 rings (SSSR count). The summed E-state index contributed by atoms with van der Waals surface area (Å²) in [7, 11) is 1.45. The van der Waals surface area contributed by atoms with Gasteiger partial charge in [0, 0.05) is 34.7 Å². The zero-order valence-corrected chi connectivity index (χ0v) is 14.9. The van der Waals surface area contributed by atoms with Crippen LogP contribution >= 0.6 is 0 Å². The van der Waals surface area contributed by atoms with Crippen molar-refractivity contribution in [1.82, 2.24) is 5.16 Å². The molecule has 1 N–H and O–H groups in total. The lowest BCUT2D eigenvalue weighted by molar-refractivity contribution is 0.0976. The number of hydrogen-bond donors (Lipinski definition) is 1. The maximum absolute atomic E-state index is 13.1. The third kappa shape index (κ3) is 2.74. The molecule has 0 spiro atoms. The van der Waals surface area contributed by atoms with Gasteiger partial charge in [-0.05, 0) is 19.1 Å². The third-order valence-electron chi connectivity index (χ3n) is 4.58. The second-order valence-corrected chi connectivity index (χ2v) is 6.50. The maximum atomic E-state index is 13.1. The van der Waals surface area contributed by atoms with Crippen LogP contribution < -0.4 is 4.74 Å². The number of hydrogen-bond acceptors (Lipinski definition) is 6. The summed E-state index contributed by atoms with van der Waals surface area (Å²) in [5.41, 5.74) is 2.33. The summed E-state index contributed by atoms with van der Waals surface area (Å²) < 4.78 is 10.8. The monoisotopic (exact) mass is 363 g/mol. The number of methoxy groups -OCH3 is 1. The molecule has 136 valence electrons. The van der Waals surface area contributed by atoms with Crippen molar-refractivity contribution in [3.8, 4) is 17.0 Å². The Labute approximate surface area is 155 Å². The molecule has 0 saturated heterocycles. The van der Waals surface area contributed by atoms with E-state index in [-0.39, 0.29) is 22.9 Å². The zero-order valence-electron chi connectivity index (χ0n) is 14.9. The van der Waals surface area contributed by atoms with Gasteiger partial charge < -0.3 is 14.4 Å². The minimum atomic E-state index is -0.563. The van der Waals surface area contributed by atoms with Crippen molar-refractivity contribution in [2.24, 2.45) is 0 Å². The molecule has 0 amide bonds. The molecule has 1 heterocycles. The predicted octanol–water partition coefficient (Wildman–Crippen LogP) is 3.05. The van der Waals surface area contributed by atoms with Gasteiger partial charge in [0.25, 0.3) is 0 Å². The quantitative estimate of drug-likeness (QED) is 0.599. The summed E-state index contributed by atoms with van der Waals surface area (Å²) in [5.74, 6) is 0.344. The van der Waals surface area contributed by atoms with Crippen molar-refractivity contribution >= 4 is 11.6 Å². The number of benzene rings is 2. The number of ketones is 2. The first-order valence-electron chi connectivity index (χ1n) is 8.54. The normalized spacial score (nSPS) is 13.9. The van der Waals surface area contributed by atoms with E-state index in [0.29, 0.717) is 40.1 Å². The summed E-state index contributed by atoms with van der Waals surface area (Å²) in [5, 5.41) is 13.5. The highest BCUT2D eigenvalue weighted by molar-refractivity contribution is 6.29. The number of carbonyl (C=O) groups is 2. The van der Waals surface area contributed by atoms with E-state index in [1.807, 2.05) is 0 Å². The molecule has 1 atom stereocenters. The number of ether oxygens (including phenoxy) is 1. The van der Waals surface area contributed by atoms with Crippen LogP contribution in [0.2, 0.25) is 0 Å². The largest absolute Gasteiger partial charge is 0.495 e. The summed E-state index contributed by atoms with van der Waals surface area (Å²) in [4.78, 5) is 25.9. The number of aromatic nitrogens is 1. The minimum Gasteiger partial charge on any atom is -0.495 e.